The van der Waals surface area contributed by atoms with E-state index in [1.165, 1.54) is 19.0 Å². The number of nitro groups is 1. The Morgan fingerprint density at radius 2 is 1.96 bits per heavy atom. The number of nitrogens with zero attached hydrogens (tertiary/aromatic N) is 6. The van der Waals surface area contributed by atoms with E-state index in [-0.39, 0.29) is 5.82 Å². The van der Waals surface area contributed by atoms with Crippen LogP contribution in [0.1, 0.15) is 36.5 Å². The Kier molecular flexibility index (Phi) is 4.24. The van der Waals surface area contributed by atoms with Crippen molar-refractivity contribution in [1.29, 1.82) is 0 Å². The molecule has 3 aromatic rings. The molecule has 1 aromatic carbocycles. The summed E-state index contributed by atoms with van der Waals surface area (Å²) in [5, 5.41) is 15.5. The molecule has 3 heterocycles. The van der Waals surface area contributed by atoms with Gasteiger partial charge in [0.15, 0.2) is 5.82 Å². The van der Waals surface area contributed by atoms with Crippen molar-refractivity contribution in [2.75, 3.05) is 0 Å². The van der Waals surface area contributed by atoms with E-state index >= 15 is 0 Å². The van der Waals surface area contributed by atoms with Crippen molar-refractivity contribution in [2.45, 2.75) is 45.7 Å². The fourth-order valence-electron chi connectivity index (χ4n) is 3.28. The van der Waals surface area contributed by atoms with Gasteiger partial charge in [0.25, 0.3) is 0 Å². The first-order chi connectivity index (χ1) is 12.6. The lowest BCUT2D eigenvalue weighted by atomic mass is 10.1. The predicted octanol–water partition coefficient (Wildman–Crippen LogP) is 3.13. The third-order valence-corrected chi connectivity index (χ3v) is 4.73. The van der Waals surface area contributed by atoms with Gasteiger partial charge in [-0.15, -0.1) is 0 Å². The molecule has 0 fully saturated rings. The second-order valence-electron chi connectivity index (χ2n) is 6.61. The van der Waals surface area contributed by atoms with Gasteiger partial charge in [-0.3, -0.25) is 0 Å². The molecule has 134 valence electrons. The van der Waals surface area contributed by atoms with Crippen LogP contribution in [0.5, 0.6) is 0 Å². The number of hydrogen-bond acceptors (Lipinski definition) is 5. The van der Waals surface area contributed by atoms with Gasteiger partial charge in [0.05, 0.1) is 6.54 Å². The lowest BCUT2D eigenvalue weighted by molar-refractivity contribution is -0.389. The summed E-state index contributed by atoms with van der Waals surface area (Å²) in [6, 6.07) is 8.02. The summed E-state index contributed by atoms with van der Waals surface area (Å²) in [6.45, 7) is 3.25. The Morgan fingerprint density at radius 1 is 1.15 bits per heavy atom. The van der Waals surface area contributed by atoms with Gasteiger partial charge in [-0.05, 0) is 28.3 Å². The number of fused-ring (bicyclic) bond motifs is 1. The highest BCUT2D eigenvalue weighted by Gasteiger charge is 2.16. The largest absolute Gasteiger partial charge is 0.381 e. The monoisotopic (exact) mass is 352 g/mol. The first-order valence-electron chi connectivity index (χ1n) is 8.81. The van der Waals surface area contributed by atoms with Crippen LogP contribution in [0.25, 0.3) is 11.4 Å². The van der Waals surface area contributed by atoms with Crippen LogP contribution >= 0.6 is 0 Å². The zero-order valence-corrected chi connectivity index (χ0v) is 14.6. The molecule has 0 atom stereocenters. The molecule has 8 nitrogen and oxygen atoms in total. The van der Waals surface area contributed by atoms with Gasteiger partial charge in [-0.25, -0.2) is 9.67 Å². The van der Waals surface area contributed by atoms with Gasteiger partial charge < -0.3 is 14.7 Å². The van der Waals surface area contributed by atoms with Crippen LogP contribution < -0.4 is 0 Å². The third-order valence-electron chi connectivity index (χ3n) is 4.73. The number of hydrogen-bond donors (Lipinski definition) is 0. The van der Waals surface area contributed by atoms with E-state index in [0.29, 0.717) is 12.4 Å². The van der Waals surface area contributed by atoms with Crippen molar-refractivity contribution in [3.05, 3.63) is 57.8 Å². The number of aromatic nitrogens is 5. The normalized spacial score (nSPS) is 14.0. The number of rotatable bonds is 4. The van der Waals surface area contributed by atoms with Gasteiger partial charge in [0.1, 0.15) is 12.0 Å². The molecule has 0 N–H and O–H groups in total. The summed E-state index contributed by atoms with van der Waals surface area (Å²) in [5.41, 5.74) is 2.03. The molecule has 8 heteroatoms. The molecule has 0 aliphatic carbocycles. The van der Waals surface area contributed by atoms with Crippen LogP contribution in [0.15, 0.2) is 30.5 Å². The van der Waals surface area contributed by atoms with Crippen molar-refractivity contribution >= 4 is 5.82 Å². The molecule has 4 rings (SSSR count). The Hall–Kier alpha value is -3.03. The minimum absolute atomic E-state index is 0.122. The average Bonchev–Trinajstić information content (AvgIpc) is 3.13. The first kappa shape index (κ1) is 16.4. The molecule has 0 radical (unpaired) electrons. The molecule has 1 aliphatic heterocycles. The van der Waals surface area contributed by atoms with Crippen molar-refractivity contribution in [1.82, 2.24) is 24.3 Å². The molecule has 0 saturated heterocycles. The van der Waals surface area contributed by atoms with Crippen molar-refractivity contribution in [3.8, 4) is 11.4 Å². The summed E-state index contributed by atoms with van der Waals surface area (Å²) in [5.74, 6) is 2.34. The highest BCUT2D eigenvalue weighted by molar-refractivity contribution is 5.55. The summed E-state index contributed by atoms with van der Waals surface area (Å²) < 4.78 is 3.81. The maximum atomic E-state index is 10.8. The van der Waals surface area contributed by atoms with E-state index in [1.54, 1.807) is 11.5 Å². The smallest absolute Gasteiger partial charge is 0.358 e. The molecule has 1 aliphatic rings. The molecule has 0 spiro atoms. The van der Waals surface area contributed by atoms with Crippen LogP contribution in [-0.2, 0) is 19.5 Å². The Balaban J connectivity index is 1.53. The minimum atomic E-state index is -0.471. The summed E-state index contributed by atoms with van der Waals surface area (Å²) in [6.07, 6.45) is 6.03. The molecular weight excluding hydrogens is 332 g/mol. The fraction of sp³-hybridized carbons (Fsp3) is 0.389. The Morgan fingerprint density at radius 3 is 2.69 bits per heavy atom. The SMILES string of the molecule is Cc1nc([N+](=O)[O-])cn1Cc1ccc(-c2nc3n(n2)CCCCC3)cc1. The van der Waals surface area contributed by atoms with Crippen LogP contribution in [-0.4, -0.2) is 29.2 Å². The molecule has 2 aromatic heterocycles. The topological polar surface area (TPSA) is 91.7 Å². The first-order valence-corrected chi connectivity index (χ1v) is 8.81. The second kappa shape index (κ2) is 6.70. The lowest BCUT2D eigenvalue weighted by Gasteiger charge is -2.04. The molecular formula is C18H20N6O2. The quantitative estimate of drug-likeness (QED) is 0.531. The van der Waals surface area contributed by atoms with Gasteiger partial charge in [0, 0.05) is 25.5 Å². The lowest BCUT2D eigenvalue weighted by Crippen LogP contribution is -2.02. The highest BCUT2D eigenvalue weighted by Crippen LogP contribution is 2.21. The van der Waals surface area contributed by atoms with Gasteiger partial charge >= 0.3 is 5.82 Å². The number of benzene rings is 1. The molecule has 0 amide bonds. The second-order valence-corrected chi connectivity index (χ2v) is 6.61. The summed E-state index contributed by atoms with van der Waals surface area (Å²) >= 11 is 0. The summed E-state index contributed by atoms with van der Waals surface area (Å²) in [7, 11) is 0. The van der Waals surface area contributed by atoms with Crippen LogP contribution in [0.3, 0.4) is 0 Å². The van der Waals surface area contributed by atoms with Crippen LogP contribution in [0.4, 0.5) is 5.82 Å². The molecule has 0 bridgehead atoms. The van der Waals surface area contributed by atoms with Crippen LogP contribution in [0.2, 0.25) is 0 Å². The van der Waals surface area contributed by atoms with Crippen molar-refractivity contribution < 1.29 is 4.92 Å². The van der Waals surface area contributed by atoms with E-state index in [9.17, 15) is 10.1 Å². The standard InChI is InChI=1S/C18H20N6O2/c1-13-19-17(24(25)26)12-22(13)11-14-6-8-15(9-7-14)18-20-16-5-3-2-4-10-23(16)21-18/h6-9,12H,2-5,10-11H2,1H3. The van der Waals surface area contributed by atoms with Crippen molar-refractivity contribution in [3.63, 3.8) is 0 Å². The van der Waals surface area contributed by atoms with E-state index in [4.69, 9.17) is 4.98 Å². The molecule has 0 unspecified atom stereocenters. The highest BCUT2D eigenvalue weighted by atomic mass is 16.6. The van der Waals surface area contributed by atoms with E-state index < -0.39 is 4.92 Å². The van der Waals surface area contributed by atoms with Crippen molar-refractivity contribution in [2.24, 2.45) is 0 Å². The minimum Gasteiger partial charge on any atom is -0.358 e. The van der Waals surface area contributed by atoms with Gasteiger partial charge in [-0.2, -0.15) is 5.10 Å². The Bertz CT molecular complexity index is 918. The zero-order chi connectivity index (χ0) is 18.1. The van der Waals surface area contributed by atoms with Gasteiger partial charge in [0.2, 0.25) is 5.82 Å². The average molecular weight is 352 g/mol. The third kappa shape index (κ3) is 3.22. The molecule has 0 saturated carbocycles. The Labute approximate surface area is 150 Å². The fourth-order valence-corrected chi connectivity index (χ4v) is 3.28. The predicted molar refractivity (Wildman–Crippen MR) is 95.7 cm³/mol. The number of imidazole rings is 1. The van der Waals surface area contributed by atoms with Gasteiger partial charge in [-0.1, -0.05) is 30.7 Å². The van der Waals surface area contributed by atoms with Crippen LogP contribution in [0, 0.1) is 17.0 Å². The van der Waals surface area contributed by atoms with E-state index in [0.717, 1.165) is 42.2 Å². The molecule has 26 heavy (non-hydrogen) atoms. The maximum Gasteiger partial charge on any atom is 0.381 e. The van der Waals surface area contributed by atoms with E-state index in [2.05, 4.69) is 10.1 Å². The number of aryl methyl sites for hydroxylation is 3. The summed E-state index contributed by atoms with van der Waals surface area (Å²) in [4.78, 5) is 19.0. The zero-order valence-electron chi connectivity index (χ0n) is 14.6. The maximum absolute atomic E-state index is 10.8. The van der Waals surface area contributed by atoms with E-state index in [1.807, 2.05) is 28.9 Å².